The summed E-state index contributed by atoms with van der Waals surface area (Å²) in [7, 11) is -3.77. The van der Waals surface area contributed by atoms with Crippen molar-refractivity contribution in [1.29, 1.82) is 0 Å². The molecule has 0 fully saturated rings. The number of sulfonamides is 1. The van der Waals surface area contributed by atoms with Crippen molar-refractivity contribution in [3.05, 3.63) is 44.3 Å². The minimum atomic E-state index is -3.77. The van der Waals surface area contributed by atoms with E-state index < -0.39 is 10.0 Å². The van der Waals surface area contributed by atoms with Gasteiger partial charge in [0.05, 0.1) is 10.5 Å². The molecule has 0 radical (unpaired) electrons. The van der Waals surface area contributed by atoms with Gasteiger partial charge in [0.15, 0.2) is 0 Å². The Morgan fingerprint density at radius 3 is 2.70 bits per heavy atom. The SMILES string of the molecule is NCc1cc(Cl)cc(S(=O)(=O)NCc2cncs2)c1Cl. The van der Waals surface area contributed by atoms with Crippen molar-refractivity contribution in [2.75, 3.05) is 0 Å². The molecule has 0 amide bonds. The first kappa shape index (κ1) is 15.7. The molecule has 0 aliphatic heterocycles. The van der Waals surface area contributed by atoms with Gasteiger partial charge in [-0.3, -0.25) is 4.98 Å². The second-order valence-electron chi connectivity index (χ2n) is 3.87. The standard InChI is InChI=1S/C11H11Cl2N3O2S2/c12-8-1-7(3-14)11(13)10(2-8)20(17,18)16-5-9-4-15-6-19-9/h1-2,4,6,16H,3,5,14H2. The fourth-order valence-corrected chi connectivity index (χ4v) is 4.11. The van der Waals surface area contributed by atoms with Gasteiger partial charge in [0.25, 0.3) is 0 Å². The molecular formula is C11H11Cl2N3O2S2. The van der Waals surface area contributed by atoms with E-state index in [1.165, 1.54) is 17.4 Å². The van der Waals surface area contributed by atoms with E-state index in [0.29, 0.717) is 5.56 Å². The third kappa shape index (κ3) is 3.49. The minimum absolute atomic E-state index is 0.0726. The second-order valence-corrected chi connectivity index (χ2v) is 7.39. The van der Waals surface area contributed by atoms with Crippen LogP contribution < -0.4 is 10.5 Å². The fourth-order valence-electron chi connectivity index (χ4n) is 1.54. The summed E-state index contributed by atoms with van der Waals surface area (Å²) in [5.74, 6) is 0. The number of thiazole rings is 1. The molecule has 0 saturated heterocycles. The first-order chi connectivity index (χ1) is 9.44. The Morgan fingerprint density at radius 1 is 1.35 bits per heavy atom. The third-order valence-corrected chi connectivity index (χ3v) is 5.49. The van der Waals surface area contributed by atoms with Crippen molar-refractivity contribution < 1.29 is 8.42 Å². The third-order valence-electron chi connectivity index (χ3n) is 2.51. The summed E-state index contributed by atoms with van der Waals surface area (Å²) in [6.45, 7) is 0.255. The highest BCUT2D eigenvalue weighted by Gasteiger charge is 2.20. The van der Waals surface area contributed by atoms with Crippen molar-refractivity contribution in [3.8, 4) is 0 Å². The lowest BCUT2D eigenvalue weighted by Gasteiger charge is -2.11. The van der Waals surface area contributed by atoms with Crippen molar-refractivity contribution >= 4 is 44.6 Å². The van der Waals surface area contributed by atoms with Gasteiger partial charge in [0.2, 0.25) is 10.0 Å². The molecule has 2 rings (SSSR count). The Hall–Kier alpha value is -0.700. The van der Waals surface area contributed by atoms with Crippen LogP contribution in [0.3, 0.4) is 0 Å². The molecule has 20 heavy (non-hydrogen) atoms. The van der Waals surface area contributed by atoms with Gasteiger partial charge in [0, 0.05) is 29.2 Å². The highest BCUT2D eigenvalue weighted by atomic mass is 35.5. The van der Waals surface area contributed by atoms with Gasteiger partial charge >= 0.3 is 0 Å². The summed E-state index contributed by atoms with van der Waals surface area (Å²) in [6, 6.07) is 2.85. The maximum absolute atomic E-state index is 12.3. The van der Waals surface area contributed by atoms with Crippen LogP contribution in [0.5, 0.6) is 0 Å². The molecule has 1 heterocycles. The van der Waals surface area contributed by atoms with Crippen LogP contribution >= 0.6 is 34.5 Å². The average Bonchev–Trinajstić information content (AvgIpc) is 2.92. The predicted octanol–water partition coefficient (Wildman–Crippen LogP) is 2.39. The van der Waals surface area contributed by atoms with Gasteiger partial charge in [-0.05, 0) is 17.7 Å². The molecule has 1 aromatic carbocycles. The smallest absolute Gasteiger partial charge is 0.242 e. The molecule has 0 aliphatic rings. The average molecular weight is 352 g/mol. The quantitative estimate of drug-likeness (QED) is 0.865. The van der Waals surface area contributed by atoms with Crippen LogP contribution in [0.15, 0.2) is 28.7 Å². The lowest BCUT2D eigenvalue weighted by Crippen LogP contribution is -2.23. The van der Waals surface area contributed by atoms with E-state index in [0.717, 1.165) is 4.88 Å². The molecule has 108 valence electrons. The van der Waals surface area contributed by atoms with Crippen LogP contribution in [0, 0.1) is 0 Å². The van der Waals surface area contributed by atoms with E-state index >= 15 is 0 Å². The largest absolute Gasteiger partial charge is 0.326 e. The number of rotatable bonds is 5. The second kappa shape index (κ2) is 6.38. The fraction of sp³-hybridized carbons (Fsp3) is 0.182. The van der Waals surface area contributed by atoms with E-state index in [1.54, 1.807) is 17.8 Å². The molecule has 2 aromatic rings. The highest BCUT2D eigenvalue weighted by molar-refractivity contribution is 7.89. The Balaban J connectivity index is 2.31. The maximum atomic E-state index is 12.3. The van der Waals surface area contributed by atoms with Gasteiger partial charge in [-0.15, -0.1) is 11.3 Å². The molecule has 1 aromatic heterocycles. The van der Waals surface area contributed by atoms with E-state index in [9.17, 15) is 8.42 Å². The molecule has 3 N–H and O–H groups in total. The molecule has 0 saturated carbocycles. The minimum Gasteiger partial charge on any atom is -0.326 e. The molecular weight excluding hydrogens is 341 g/mol. The molecule has 0 aliphatic carbocycles. The Morgan fingerprint density at radius 2 is 2.10 bits per heavy atom. The van der Waals surface area contributed by atoms with Gasteiger partial charge in [-0.2, -0.15) is 0 Å². The van der Waals surface area contributed by atoms with Gasteiger partial charge in [-0.25, -0.2) is 13.1 Å². The normalized spacial score (nSPS) is 11.8. The lowest BCUT2D eigenvalue weighted by molar-refractivity contribution is 0.581. The van der Waals surface area contributed by atoms with Crippen LogP contribution in [0.1, 0.15) is 10.4 Å². The molecule has 5 nitrogen and oxygen atoms in total. The molecule has 0 atom stereocenters. The van der Waals surface area contributed by atoms with Crippen molar-refractivity contribution in [2.45, 2.75) is 18.0 Å². The van der Waals surface area contributed by atoms with Gasteiger partial charge < -0.3 is 5.73 Å². The molecule has 0 unspecified atom stereocenters. The molecule has 0 bridgehead atoms. The lowest BCUT2D eigenvalue weighted by atomic mass is 10.2. The number of halogens is 2. The summed E-state index contributed by atoms with van der Waals surface area (Å²) in [4.78, 5) is 4.60. The zero-order valence-corrected chi connectivity index (χ0v) is 13.3. The van der Waals surface area contributed by atoms with E-state index in [-0.39, 0.29) is 28.0 Å². The topological polar surface area (TPSA) is 85.1 Å². The Labute approximate surface area is 130 Å². The summed E-state index contributed by atoms with van der Waals surface area (Å²) in [6.07, 6.45) is 1.60. The number of benzene rings is 1. The number of nitrogens with two attached hydrogens (primary N) is 1. The monoisotopic (exact) mass is 351 g/mol. The summed E-state index contributed by atoms with van der Waals surface area (Å²) < 4.78 is 27.0. The summed E-state index contributed by atoms with van der Waals surface area (Å²) >= 11 is 13.3. The Kier molecular flexibility index (Phi) is 5.00. The van der Waals surface area contributed by atoms with Crippen LogP contribution in [-0.4, -0.2) is 13.4 Å². The molecule has 9 heteroatoms. The molecule has 0 spiro atoms. The maximum Gasteiger partial charge on any atom is 0.242 e. The van der Waals surface area contributed by atoms with Crippen molar-refractivity contribution in [1.82, 2.24) is 9.71 Å². The summed E-state index contributed by atoms with van der Waals surface area (Å²) in [5, 5.41) is 0.363. The van der Waals surface area contributed by atoms with Crippen LogP contribution in [0.25, 0.3) is 0 Å². The number of hydrogen-bond donors (Lipinski definition) is 2. The highest BCUT2D eigenvalue weighted by Crippen LogP contribution is 2.29. The first-order valence-corrected chi connectivity index (χ1v) is 8.61. The van der Waals surface area contributed by atoms with Crippen LogP contribution in [0.2, 0.25) is 10.0 Å². The number of hydrogen-bond acceptors (Lipinski definition) is 5. The summed E-state index contributed by atoms with van der Waals surface area (Å²) in [5.41, 5.74) is 7.63. The van der Waals surface area contributed by atoms with Gasteiger partial charge in [-0.1, -0.05) is 23.2 Å². The first-order valence-electron chi connectivity index (χ1n) is 5.49. The van der Waals surface area contributed by atoms with E-state index in [2.05, 4.69) is 9.71 Å². The van der Waals surface area contributed by atoms with Crippen LogP contribution in [0.4, 0.5) is 0 Å². The van der Waals surface area contributed by atoms with E-state index in [4.69, 9.17) is 28.9 Å². The number of aromatic nitrogens is 1. The number of nitrogens with one attached hydrogen (secondary N) is 1. The van der Waals surface area contributed by atoms with E-state index in [1.807, 2.05) is 0 Å². The van der Waals surface area contributed by atoms with Crippen molar-refractivity contribution in [2.24, 2.45) is 5.73 Å². The van der Waals surface area contributed by atoms with Crippen molar-refractivity contribution in [3.63, 3.8) is 0 Å². The zero-order chi connectivity index (χ0) is 14.8. The van der Waals surface area contributed by atoms with Gasteiger partial charge in [0.1, 0.15) is 4.90 Å². The van der Waals surface area contributed by atoms with Crippen LogP contribution in [-0.2, 0) is 23.1 Å². The number of nitrogens with zero attached hydrogens (tertiary/aromatic N) is 1. The Bertz CT molecular complexity index is 703. The zero-order valence-electron chi connectivity index (χ0n) is 10.1. The predicted molar refractivity (Wildman–Crippen MR) is 80.5 cm³/mol.